The van der Waals surface area contributed by atoms with Gasteiger partial charge in [0, 0.05) is 19.2 Å². The summed E-state index contributed by atoms with van der Waals surface area (Å²) >= 11 is 0. The Labute approximate surface area is 87.6 Å². The number of rotatable bonds is 2. The monoisotopic (exact) mass is 207 g/mol. The number of hydrogen-bond donors (Lipinski definition) is 2. The molecule has 3 N–H and O–H groups in total. The van der Waals surface area contributed by atoms with Crippen molar-refractivity contribution >= 4 is 11.7 Å². The van der Waals surface area contributed by atoms with E-state index >= 15 is 0 Å². The maximum absolute atomic E-state index is 7.29. The van der Waals surface area contributed by atoms with Crippen LogP contribution >= 0.6 is 0 Å². The number of aromatic nitrogens is 2. The predicted octanol–water partition coefficient (Wildman–Crippen LogP) is -0.403. The lowest BCUT2D eigenvalue weighted by atomic mass is 10.3. The Hall–Kier alpha value is -1.69. The van der Waals surface area contributed by atoms with Gasteiger partial charge in [-0.1, -0.05) is 0 Å². The molecule has 1 saturated heterocycles. The zero-order valence-corrected chi connectivity index (χ0v) is 8.31. The third-order valence-electron chi connectivity index (χ3n) is 2.26. The van der Waals surface area contributed by atoms with Gasteiger partial charge in [0.15, 0.2) is 0 Å². The summed E-state index contributed by atoms with van der Waals surface area (Å²) in [4.78, 5) is 10.2. The maximum Gasteiger partial charge on any atom is 0.142 e. The van der Waals surface area contributed by atoms with Crippen LogP contribution in [0.2, 0.25) is 0 Å². The minimum Gasteiger partial charge on any atom is -0.382 e. The Kier molecular flexibility index (Phi) is 2.77. The van der Waals surface area contributed by atoms with Gasteiger partial charge in [-0.15, -0.1) is 0 Å². The lowest BCUT2D eigenvalue weighted by molar-refractivity contribution is 0.122. The molecule has 0 spiro atoms. The average Bonchev–Trinajstić information content (AvgIpc) is 2.30. The Morgan fingerprint density at radius 1 is 1.40 bits per heavy atom. The van der Waals surface area contributed by atoms with Crippen molar-refractivity contribution in [1.29, 1.82) is 5.41 Å². The molecule has 1 aliphatic rings. The van der Waals surface area contributed by atoms with E-state index in [0.29, 0.717) is 18.9 Å². The van der Waals surface area contributed by atoms with Gasteiger partial charge in [0.1, 0.15) is 23.7 Å². The number of ether oxygens (including phenoxy) is 1. The number of nitrogens with two attached hydrogens (primary N) is 1. The van der Waals surface area contributed by atoms with Gasteiger partial charge in [0.25, 0.3) is 0 Å². The van der Waals surface area contributed by atoms with Gasteiger partial charge in [0.2, 0.25) is 0 Å². The van der Waals surface area contributed by atoms with Gasteiger partial charge in [-0.3, -0.25) is 5.41 Å². The van der Waals surface area contributed by atoms with E-state index in [1.807, 2.05) is 0 Å². The Morgan fingerprint density at radius 2 is 2.13 bits per heavy atom. The van der Waals surface area contributed by atoms with Crippen molar-refractivity contribution in [2.24, 2.45) is 5.73 Å². The lowest BCUT2D eigenvalue weighted by Crippen LogP contribution is -2.37. The highest BCUT2D eigenvalue weighted by atomic mass is 16.5. The predicted molar refractivity (Wildman–Crippen MR) is 56.1 cm³/mol. The van der Waals surface area contributed by atoms with Crippen LogP contribution in [0, 0.1) is 5.41 Å². The molecule has 1 fully saturated rings. The number of hydrogen-bond acceptors (Lipinski definition) is 5. The summed E-state index contributed by atoms with van der Waals surface area (Å²) in [5, 5.41) is 7.29. The van der Waals surface area contributed by atoms with Gasteiger partial charge < -0.3 is 15.4 Å². The van der Waals surface area contributed by atoms with Crippen LogP contribution in [-0.4, -0.2) is 42.1 Å². The molecule has 1 aromatic heterocycles. The van der Waals surface area contributed by atoms with Crippen molar-refractivity contribution in [3.05, 3.63) is 18.1 Å². The smallest absolute Gasteiger partial charge is 0.142 e. The summed E-state index contributed by atoms with van der Waals surface area (Å²) in [6, 6.07) is 1.73. The van der Waals surface area contributed by atoms with E-state index in [1.165, 1.54) is 6.33 Å². The molecule has 0 aliphatic carbocycles. The van der Waals surface area contributed by atoms with Crippen LogP contribution in [-0.2, 0) is 4.74 Å². The summed E-state index contributed by atoms with van der Waals surface area (Å²) in [7, 11) is 0. The van der Waals surface area contributed by atoms with Gasteiger partial charge in [-0.05, 0) is 0 Å². The van der Waals surface area contributed by atoms with E-state index in [4.69, 9.17) is 15.9 Å². The van der Waals surface area contributed by atoms with E-state index in [-0.39, 0.29) is 5.84 Å². The van der Waals surface area contributed by atoms with E-state index in [0.717, 1.165) is 18.9 Å². The maximum atomic E-state index is 7.29. The molecule has 1 aromatic rings. The van der Waals surface area contributed by atoms with Crippen LogP contribution in [0.25, 0.3) is 0 Å². The summed E-state index contributed by atoms with van der Waals surface area (Å²) in [5.41, 5.74) is 5.83. The number of nitrogens with one attached hydrogen (secondary N) is 1. The molecule has 1 aliphatic heterocycles. The van der Waals surface area contributed by atoms with Crippen molar-refractivity contribution in [2.75, 3.05) is 31.2 Å². The fourth-order valence-corrected chi connectivity index (χ4v) is 1.46. The second-order valence-electron chi connectivity index (χ2n) is 3.27. The van der Waals surface area contributed by atoms with Crippen molar-refractivity contribution in [3.63, 3.8) is 0 Å². The van der Waals surface area contributed by atoms with E-state index in [1.54, 1.807) is 6.07 Å². The largest absolute Gasteiger partial charge is 0.382 e. The zero-order valence-electron chi connectivity index (χ0n) is 8.31. The highest BCUT2D eigenvalue weighted by Crippen LogP contribution is 2.12. The summed E-state index contributed by atoms with van der Waals surface area (Å²) in [6.07, 6.45) is 1.43. The second-order valence-corrected chi connectivity index (χ2v) is 3.27. The Morgan fingerprint density at radius 3 is 2.80 bits per heavy atom. The molecule has 0 amide bonds. The molecule has 15 heavy (non-hydrogen) atoms. The molecular weight excluding hydrogens is 194 g/mol. The van der Waals surface area contributed by atoms with Crippen LogP contribution in [0.1, 0.15) is 5.69 Å². The Bertz CT molecular complexity index is 361. The van der Waals surface area contributed by atoms with Gasteiger partial charge >= 0.3 is 0 Å². The summed E-state index contributed by atoms with van der Waals surface area (Å²) in [6.45, 7) is 3.04. The van der Waals surface area contributed by atoms with Gasteiger partial charge in [-0.2, -0.15) is 0 Å². The van der Waals surface area contributed by atoms with Crippen molar-refractivity contribution < 1.29 is 4.74 Å². The molecular formula is C9H13N5O. The summed E-state index contributed by atoms with van der Waals surface area (Å²) in [5.74, 6) is 0.769. The first-order chi connectivity index (χ1) is 7.27. The van der Waals surface area contributed by atoms with Crippen LogP contribution in [0.15, 0.2) is 12.4 Å². The minimum atomic E-state index is -0.0353. The normalized spacial score (nSPS) is 16.4. The third-order valence-corrected chi connectivity index (χ3v) is 2.26. The van der Waals surface area contributed by atoms with Crippen LogP contribution in [0.4, 0.5) is 5.82 Å². The van der Waals surface area contributed by atoms with Crippen molar-refractivity contribution in [3.8, 4) is 0 Å². The SMILES string of the molecule is N=C(N)c1cc(N2CCOCC2)ncn1. The molecule has 0 saturated carbocycles. The minimum absolute atomic E-state index is 0.0353. The molecule has 0 aromatic carbocycles. The highest BCUT2D eigenvalue weighted by molar-refractivity contribution is 5.93. The first kappa shape index (κ1) is 9.85. The van der Waals surface area contributed by atoms with Gasteiger partial charge in [0.05, 0.1) is 13.2 Å². The van der Waals surface area contributed by atoms with E-state index in [9.17, 15) is 0 Å². The number of nitrogen functional groups attached to an aromatic ring is 1. The van der Waals surface area contributed by atoms with Crippen LogP contribution in [0.5, 0.6) is 0 Å². The van der Waals surface area contributed by atoms with Crippen LogP contribution < -0.4 is 10.6 Å². The molecule has 0 radical (unpaired) electrons. The average molecular weight is 207 g/mol. The highest BCUT2D eigenvalue weighted by Gasteiger charge is 2.13. The molecule has 2 heterocycles. The van der Waals surface area contributed by atoms with Crippen molar-refractivity contribution in [1.82, 2.24) is 9.97 Å². The van der Waals surface area contributed by atoms with E-state index < -0.39 is 0 Å². The fourth-order valence-electron chi connectivity index (χ4n) is 1.46. The molecule has 0 unspecified atom stereocenters. The van der Waals surface area contributed by atoms with E-state index in [2.05, 4.69) is 14.9 Å². The first-order valence-electron chi connectivity index (χ1n) is 4.76. The van der Waals surface area contributed by atoms with Crippen molar-refractivity contribution in [2.45, 2.75) is 0 Å². The lowest BCUT2D eigenvalue weighted by Gasteiger charge is -2.27. The number of nitrogens with zero attached hydrogens (tertiary/aromatic N) is 3. The number of anilines is 1. The quantitative estimate of drug-likeness (QED) is 0.508. The third kappa shape index (κ3) is 2.21. The summed E-state index contributed by atoms with van der Waals surface area (Å²) < 4.78 is 5.25. The van der Waals surface area contributed by atoms with Crippen LogP contribution in [0.3, 0.4) is 0 Å². The van der Waals surface area contributed by atoms with Gasteiger partial charge in [-0.25, -0.2) is 9.97 Å². The fraction of sp³-hybridized carbons (Fsp3) is 0.444. The Balaban J connectivity index is 2.19. The first-order valence-corrected chi connectivity index (χ1v) is 4.76. The molecule has 80 valence electrons. The number of morpholine rings is 1. The topological polar surface area (TPSA) is 88.1 Å². The molecule has 6 heteroatoms. The zero-order chi connectivity index (χ0) is 10.7. The molecule has 6 nitrogen and oxygen atoms in total. The molecule has 0 bridgehead atoms. The number of amidine groups is 1. The molecule has 0 atom stereocenters. The standard InChI is InChI=1S/C9H13N5O/c10-9(11)7-5-8(13-6-12-7)14-1-3-15-4-2-14/h5-6H,1-4H2,(H3,10,11). The second kappa shape index (κ2) is 4.22. The molecule has 2 rings (SSSR count).